The number of aryl methyl sites for hydroxylation is 1. The van der Waals surface area contributed by atoms with E-state index in [1.807, 2.05) is 43.5 Å². The first-order chi connectivity index (χ1) is 16.2. The van der Waals surface area contributed by atoms with Gasteiger partial charge in [0, 0.05) is 43.5 Å². The SMILES string of the molecule is Cc1cc(C(=O)Cc2ccc(-c3cccnc3)cc2)n(Cc2csc(N3CCCCC3)n2)c1. The van der Waals surface area contributed by atoms with Crippen LogP contribution in [0.3, 0.4) is 0 Å². The minimum absolute atomic E-state index is 0.128. The first-order valence-electron chi connectivity index (χ1n) is 11.5. The van der Waals surface area contributed by atoms with Gasteiger partial charge in [0.2, 0.25) is 0 Å². The Morgan fingerprint density at radius 2 is 1.88 bits per heavy atom. The minimum Gasteiger partial charge on any atom is -0.348 e. The van der Waals surface area contributed by atoms with Crippen LogP contribution in [0.25, 0.3) is 11.1 Å². The molecule has 33 heavy (non-hydrogen) atoms. The lowest BCUT2D eigenvalue weighted by atomic mass is 10.0. The van der Waals surface area contributed by atoms with E-state index in [1.54, 1.807) is 17.5 Å². The largest absolute Gasteiger partial charge is 0.348 e. The van der Waals surface area contributed by atoms with E-state index in [0.29, 0.717) is 13.0 Å². The molecule has 6 heteroatoms. The van der Waals surface area contributed by atoms with Crippen molar-refractivity contribution in [2.45, 2.75) is 39.2 Å². The highest BCUT2D eigenvalue weighted by molar-refractivity contribution is 7.13. The number of aromatic nitrogens is 3. The molecule has 4 aromatic rings. The van der Waals surface area contributed by atoms with Gasteiger partial charge < -0.3 is 9.47 Å². The molecule has 5 rings (SSSR count). The molecule has 1 saturated heterocycles. The molecule has 0 radical (unpaired) electrons. The maximum Gasteiger partial charge on any atom is 0.185 e. The number of carbonyl (C=O) groups excluding carboxylic acids is 1. The quantitative estimate of drug-likeness (QED) is 0.331. The lowest BCUT2D eigenvalue weighted by Gasteiger charge is -2.25. The van der Waals surface area contributed by atoms with Gasteiger partial charge in [-0.1, -0.05) is 30.3 Å². The summed E-state index contributed by atoms with van der Waals surface area (Å²) in [6.45, 7) is 4.85. The van der Waals surface area contributed by atoms with Gasteiger partial charge in [-0.25, -0.2) is 4.98 Å². The fraction of sp³-hybridized carbons (Fsp3) is 0.296. The van der Waals surface area contributed by atoms with Gasteiger partial charge >= 0.3 is 0 Å². The van der Waals surface area contributed by atoms with E-state index in [1.165, 1.54) is 19.3 Å². The van der Waals surface area contributed by atoms with E-state index >= 15 is 0 Å². The highest BCUT2D eigenvalue weighted by Crippen LogP contribution is 2.25. The number of rotatable bonds is 7. The van der Waals surface area contributed by atoms with Crippen molar-refractivity contribution in [3.8, 4) is 11.1 Å². The second-order valence-corrected chi connectivity index (χ2v) is 9.57. The number of hydrogen-bond donors (Lipinski definition) is 0. The zero-order chi connectivity index (χ0) is 22.6. The summed E-state index contributed by atoms with van der Waals surface area (Å²) in [5, 5.41) is 3.24. The van der Waals surface area contributed by atoms with Crippen LogP contribution in [0.4, 0.5) is 5.13 Å². The monoisotopic (exact) mass is 456 g/mol. The number of Topliss-reactive ketones (excluding diaryl/α,β-unsaturated/α-hetero) is 1. The van der Waals surface area contributed by atoms with Gasteiger partial charge in [-0.05, 0) is 60.6 Å². The van der Waals surface area contributed by atoms with Crippen LogP contribution in [0, 0.1) is 6.92 Å². The summed E-state index contributed by atoms with van der Waals surface area (Å²) in [4.78, 5) is 24.6. The molecule has 0 saturated carbocycles. The number of piperidine rings is 1. The molecule has 0 bridgehead atoms. The van der Waals surface area contributed by atoms with Crippen LogP contribution in [-0.2, 0) is 13.0 Å². The molecule has 0 spiro atoms. The van der Waals surface area contributed by atoms with Crippen LogP contribution in [0.1, 0.15) is 46.6 Å². The summed E-state index contributed by atoms with van der Waals surface area (Å²) in [7, 11) is 0. The number of pyridine rings is 1. The number of carbonyl (C=O) groups is 1. The Morgan fingerprint density at radius 1 is 1.06 bits per heavy atom. The number of anilines is 1. The predicted molar refractivity (Wildman–Crippen MR) is 134 cm³/mol. The van der Waals surface area contributed by atoms with Crippen molar-refractivity contribution in [1.82, 2.24) is 14.5 Å². The van der Waals surface area contributed by atoms with E-state index in [4.69, 9.17) is 4.98 Å². The van der Waals surface area contributed by atoms with Gasteiger partial charge in [0.25, 0.3) is 0 Å². The molecule has 1 aromatic carbocycles. The Labute approximate surface area is 198 Å². The second-order valence-electron chi connectivity index (χ2n) is 8.74. The van der Waals surface area contributed by atoms with Crippen LogP contribution < -0.4 is 4.90 Å². The summed E-state index contributed by atoms with van der Waals surface area (Å²) in [5.41, 5.74) is 6.05. The summed E-state index contributed by atoms with van der Waals surface area (Å²) in [5.74, 6) is 0.128. The number of nitrogens with zero attached hydrogens (tertiary/aromatic N) is 4. The van der Waals surface area contributed by atoms with E-state index in [0.717, 1.165) is 51.9 Å². The van der Waals surface area contributed by atoms with Crippen LogP contribution in [0.15, 0.2) is 66.4 Å². The molecule has 0 N–H and O–H groups in total. The van der Waals surface area contributed by atoms with Gasteiger partial charge in [-0.15, -0.1) is 11.3 Å². The topological polar surface area (TPSA) is 51.0 Å². The number of thiazole rings is 1. The highest BCUT2D eigenvalue weighted by atomic mass is 32.1. The van der Waals surface area contributed by atoms with Crippen LogP contribution >= 0.6 is 11.3 Å². The Kier molecular flexibility index (Phi) is 6.35. The Hall–Kier alpha value is -3.25. The zero-order valence-electron chi connectivity index (χ0n) is 18.9. The molecule has 4 heterocycles. The summed E-state index contributed by atoms with van der Waals surface area (Å²) >= 11 is 1.71. The molecule has 0 amide bonds. The standard InChI is InChI=1S/C27H28N4OS/c1-20-14-25(26(32)15-21-7-9-22(10-8-21)23-6-5-11-28-16-23)31(17-20)18-24-19-33-27(29-24)30-12-3-2-4-13-30/h5-11,14,16-17,19H,2-4,12-13,15,18H2,1H3. The highest BCUT2D eigenvalue weighted by Gasteiger charge is 2.17. The van der Waals surface area contributed by atoms with Crippen LogP contribution in [0.5, 0.6) is 0 Å². The molecule has 0 unspecified atom stereocenters. The molecule has 5 nitrogen and oxygen atoms in total. The third kappa shape index (κ3) is 5.06. The summed E-state index contributed by atoms with van der Waals surface area (Å²) in [6, 6.07) is 14.1. The van der Waals surface area contributed by atoms with E-state index in [9.17, 15) is 4.79 Å². The molecular formula is C27H28N4OS. The van der Waals surface area contributed by atoms with Gasteiger partial charge in [0.1, 0.15) is 0 Å². The van der Waals surface area contributed by atoms with Gasteiger partial charge in [-0.3, -0.25) is 9.78 Å². The van der Waals surface area contributed by atoms with Crippen molar-refractivity contribution in [2.24, 2.45) is 0 Å². The minimum atomic E-state index is 0.128. The summed E-state index contributed by atoms with van der Waals surface area (Å²) in [6.07, 6.45) is 9.86. The molecule has 168 valence electrons. The molecule has 1 fully saturated rings. The lowest BCUT2D eigenvalue weighted by Crippen LogP contribution is -2.29. The summed E-state index contributed by atoms with van der Waals surface area (Å²) < 4.78 is 2.05. The molecule has 0 atom stereocenters. The van der Waals surface area contributed by atoms with Crippen LogP contribution in [0.2, 0.25) is 0 Å². The third-order valence-electron chi connectivity index (χ3n) is 6.13. The third-order valence-corrected chi connectivity index (χ3v) is 7.08. The Balaban J connectivity index is 1.28. The van der Waals surface area contributed by atoms with Crippen molar-refractivity contribution in [2.75, 3.05) is 18.0 Å². The predicted octanol–water partition coefficient (Wildman–Crippen LogP) is 5.78. The van der Waals surface area contributed by atoms with Gasteiger partial charge in [-0.2, -0.15) is 0 Å². The number of benzene rings is 1. The van der Waals surface area contributed by atoms with Crippen molar-refractivity contribution in [1.29, 1.82) is 0 Å². The average Bonchev–Trinajstić information content (AvgIpc) is 3.47. The average molecular weight is 457 g/mol. The maximum absolute atomic E-state index is 13.2. The van der Waals surface area contributed by atoms with Crippen molar-refractivity contribution >= 4 is 22.3 Å². The second kappa shape index (κ2) is 9.71. The Bertz CT molecular complexity index is 1220. The van der Waals surface area contributed by atoms with E-state index < -0.39 is 0 Å². The van der Waals surface area contributed by atoms with Crippen molar-refractivity contribution < 1.29 is 4.79 Å². The van der Waals surface area contributed by atoms with Crippen molar-refractivity contribution in [3.63, 3.8) is 0 Å². The van der Waals surface area contributed by atoms with Crippen molar-refractivity contribution in [3.05, 3.63) is 88.9 Å². The maximum atomic E-state index is 13.2. The molecule has 1 aliphatic heterocycles. The van der Waals surface area contributed by atoms with Gasteiger partial charge in [0.05, 0.1) is 17.9 Å². The Morgan fingerprint density at radius 3 is 2.64 bits per heavy atom. The van der Waals surface area contributed by atoms with E-state index in [2.05, 4.69) is 38.2 Å². The smallest absolute Gasteiger partial charge is 0.185 e. The first kappa shape index (κ1) is 21.6. The van der Waals surface area contributed by atoms with E-state index in [-0.39, 0.29) is 5.78 Å². The molecular weight excluding hydrogens is 428 g/mol. The van der Waals surface area contributed by atoms with Crippen LogP contribution in [-0.4, -0.2) is 33.4 Å². The fourth-order valence-corrected chi connectivity index (χ4v) is 5.29. The number of ketones is 1. The van der Waals surface area contributed by atoms with Gasteiger partial charge in [0.15, 0.2) is 10.9 Å². The number of hydrogen-bond acceptors (Lipinski definition) is 5. The lowest BCUT2D eigenvalue weighted by molar-refractivity contribution is 0.0984. The normalized spacial score (nSPS) is 13.9. The molecule has 1 aliphatic rings. The molecule has 0 aliphatic carbocycles. The first-order valence-corrected chi connectivity index (χ1v) is 12.4. The fourth-order valence-electron chi connectivity index (χ4n) is 4.42. The molecule has 3 aromatic heterocycles. The zero-order valence-corrected chi connectivity index (χ0v) is 19.7.